The van der Waals surface area contributed by atoms with E-state index >= 15 is 0 Å². The van der Waals surface area contributed by atoms with Gasteiger partial charge in [-0.25, -0.2) is 0 Å². The first-order valence-corrected chi connectivity index (χ1v) is 8.04. The summed E-state index contributed by atoms with van der Waals surface area (Å²) in [5, 5.41) is 5.76. The molecule has 1 aliphatic rings. The van der Waals surface area contributed by atoms with E-state index in [0.29, 0.717) is 12.0 Å². The van der Waals surface area contributed by atoms with Crippen molar-refractivity contribution in [3.63, 3.8) is 0 Å². The van der Waals surface area contributed by atoms with Crippen molar-refractivity contribution >= 4 is 11.3 Å². The van der Waals surface area contributed by atoms with E-state index in [4.69, 9.17) is 0 Å². The van der Waals surface area contributed by atoms with Crippen LogP contribution in [0.2, 0.25) is 0 Å². The number of aryl methyl sites for hydroxylation is 1. The molecule has 1 N–H and O–H groups in total. The van der Waals surface area contributed by atoms with E-state index in [-0.39, 0.29) is 0 Å². The molecule has 3 rings (SSSR count). The lowest BCUT2D eigenvalue weighted by molar-refractivity contribution is 0.361. The molecule has 0 saturated carbocycles. The molecule has 100 valence electrons. The molecular formula is C17H21NS. The second-order valence-corrected chi connectivity index (χ2v) is 6.43. The summed E-state index contributed by atoms with van der Waals surface area (Å²) in [4.78, 5) is 1.52. The van der Waals surface area contributed by atoms with Crippen LogP contribution in [0.25, 0.3) is 0 Å². The number of benzene rings is 1. The summed E-state index contributed by atoms with van der Waals surface area (Å²) in [5.74, 6) is 0.715. The van der Waals surface area contributed by atoms with Crippen LogP contribution in [0.5, 0.6) is 0 Å². The van der Waals surface area contributed by atoms with Crippen LogP contribution in [0.3, 0.4) is 0 Å². The summed E-state index contributed by atoms with van der Waals surface area (Å²) in [6, 6.07) is 13.9. The van der Waals surface area contributed by atoms with E-state index in [1.165, 1.54) is 41.7 Å². The van der Waals surface area contributed by atoms with Crippen LogP contribution >= 0.6 is 11.3 Å². The van der Waals surface area contributed by atoms with Gasteiger partial charge in [-0.3, -0.25) is 0 Å². The highest BCUT2D eigenvalue weighted by atomic mass is 32.1. The Kier molecular flexibility index (Phi) is 4.00. The van der Waals surface area contributed by atoms with Crippen molar-refractivity contribution in [3.8, 4) is 0 Å². The van der Waals surface area contributed by atoms with Crippen molar-refractivity contribution in [1.82, 2.24) is 5.32 Å². The molecule has 2 atom stereocenters. The second kappa shape index (κ2) is 5.89. The van der Waals surface area contributed by atoms with Gasteiger partial charge in [0.05, 0.1) is 0 Å². The zero-order valence-corrected chi connectivity index (χ0v) is 12.2. The number of hydrogen-bond acceptors (Lipinski definition) is 2. The van der Waals surface area contributed by atoms with Crippen LogP contribution in [-0.2, 0) is 12.8 Å². The normalized spacial score (nSPS) is 22.8. The second-order valence-electron chi connectivity index (χ2n) is 5.40. The smallest absolute Gasteiger partial charge is 0.0352 e. The molecule has 0 fully saturated rings. The van der Waals surface area contributed by atoms with Gasteiger partial charge in [0, 0.05) is 10.9 Å². The molecule has 2 heteroatoms. The number of nitrogens with one attached hydrogen (secondary N) is 1. The van der Waals surface area contributed by atoms with Crippen molar-refractivity contribution in [2.24, 2.45) is 5.92 Å². The Balaban J connectivity index is 1.88. The Labute approximate surface area is 119 Å². The summed E-state index contributed by atoms with van der Waals surface area (Å²) in [7, 11) is 2.11. The first-order chi connectivity index (χ1) is 9.38. The average Bonchev–Trinajstić information content (AvgIpc) is 2.87. The van der Waals surface area contributed by atoms with Crippen molar-refractivity contribution in [2.45, 2.75) is 31.7 Å². The molecule has 19 heavy (non-hydrogen) atoms. The van der Waals surface area contributed by atoms with Gasteiger partial charge >= 0.3 is 0 Å². The van der Waals surface area contributed by atoms with Gasteiger partial charge in [-0.2, -0.15) is 0 Å². The monoisotopic (exact) mass is 271 g/mol. The first kappa shape index (κ1) is 12.9. The molecule has 0 spiro atoms. The third-order valence-electron chi connectivity index (χ3n) is 4.24. The Hall–Kier alpha value is -1.12. The first-order valence-electron chi connectivity index (χ1n) is 7.16. The highest BCUT2D eigenvalue weighted by Crippen LogP contribution is 2.35. The summed E-state index contributed by atoms with van der Waals surface area (Å²) >= 11 is 1.89. The van der Waals surface area contributed by atoms with Crippen molar-refractivity contribution < 1.29 is 0 Å². The highest BCUT2D eigenvalue weighted by molar-refractivity contribution is 7.09. The minimum atomic E-state index is 0.501. The lowest BCUT2D eigenvalue weighted by Gasteiger charge is -2.26. The van der Waals surface area contributed by atoms with E-state index in [1.54, 1.807) is 0 Å². The molecule has 0 saturated heterocycles. The fourth-order valence-electron chi connectivity index (χ4n) is 3.34. The quantitative estimate of drug-likeness (QED) is 0.825. The molecular weight excluding hydrogens is 250 g/mol. The Morgan fingerprint density at radius 2 is 2.11 bits per heavy atom. The van der Waals surface area contributed by atoms with Crippen LogP contribution in [0, 0.1) is 5.92 Å². The largest absolute Gasteiger partial charge is 0.313 e. The number of thiophene rings is 1. The van der Waals surface area contributed by atoms with Gasteiger partial charge in [0.1, 0.15) is 0 Å². The zero-order chi connectivity index (χ0) is 13.1. The predicted molar refractivity (Wildman–Crippen MR) is 82.7 cm³/mol. The van der Waals surface area contributed by atoms with Gasteiger partial charge in [-0.05, 0) is 61.2 Å². The molecule has 1 aromatic heterocycles. The van der Waals surface area contributed by atoms with E-state index in [0.717, 1.165) is 0 Å². The third-order valence-corrected chi connectivity index (χ3v) is 5.14. The average molecular weight is 271 g/mol. The number of hydrogen-bond donors (Lipinski definition) is 1. The lowest BCUT2D eigenvalue weighted by Crippen LogP contribution is -2.26. The van der Waals surface area contributed by atoms with Crippen LogP contribution in [0.15, 0.2) is 41.8 Å². The molecule has 0 bridgehead atoms. The van der Waals surface area contributed by atoms with Gasteiger partial charge in [0.15, 0.2) is 0 Å². The molecule has 1 nitrogen and oxygen atoms in total. The predicted octanol–water partition coefficient (Wildman–Crippen LogP) is 4.20. The Morgan fingerprint density at radius 1 is 1.21 bits per heavy atom. The maximum Gasteiger partial charge on any atom is 0.0352 e. The molecule has 1 heterocycles. The molecule has 1 aliphatic carbocycles. The van der Waals surface area contributed by atoms with Crippen LogP contribution < -0.4 is 5.32 Å². The van der Waals surface area contributed by atoms with Crippen LogP contribution in [0.4, 0.5) is 0 Å². The maximum atomic E-state index is 3.57. The summed E-state index contributed by atoms with van der Waals surface area (Å²) in [6.07, 6.45) is 5.07. The standard InChI is InChI=1S/C17H21NS/c1-18-17-14(12-15-9-5-11-19-15)8-4-7-13-6-2-3-10-16(13)17/h2-3,5-6,9-11,14,17-18H,4,7-8,12H2,1H3. The van der Waals surface area contributed by atoms with Gasteiger partial charge < -0.3 is 5.32 Å². The fourth-order valence-corrected chi connectivity index (χ4v) is 4.14. The van der Waals surface area contributed by atoms with Gasteiger partial charge in [0.2, 0.25) is 0 Å². The molecule has 2 unspecified atom stereocenters. The highest BCUT2D eigenvalue weighted by Gasteiger charge is 2.26. The minimum Gasteiger partial charge on any atom is -0.313 e. The van der Waals surface area contributed by atoms with E-state index in [9.17, 15) is 0 Å². The van der Waals surface area contributed by atoms with Crippen molar-refractivity contribution in [3.05, 3.63) is 57.8 Å². The maximum absolute atomic E-state index is 3.57. The Bertz CT molecular complexity index is 518. The van der Waals surface area contributed by atoms with E-state index < -0.39 is 0 Å². The third kappa shape index (κ3) is 2.75. The molecule has 0 radical (unpaired) electrons. The van der Waals surface area contributed by atoms with E-state index in [2.05, 4.69) is 54.1 Å². The summed E-state index contributed by atoms with van der Waals surface area (Å²) < 4.78 is 0. The van der Waals surface area contributed by atoms with Gasteiger partial charge in [-0.15, -0.1) is 11.3 Å². The SMILES string of the molecule is CNC1c2ccccc2CCCC1Cc1cccs1. The van der Waals surface area contributed by atoms with Crippen LogP contribution in [-0.4, -0.2) is 7.05 Å². The van der Waals surface area contributed by atoms with Gasteiger partial charge in [0.25, 0.3) is 0 Å². The molecule has 0 amide bonds. The minimum absolute atomic E-state index is 0.501. The van der Waals surface area contributed by atoms with Crippen molar-refractivity contribution in [1.29, 1.82) is 0 Å². The molecule has 0 aliphatic heterocycles. The number of fused-ring (bicyclic) bond motifs is 1. The molecule has 1 aromatic carbocycles. The zero-order valence-electron chi connectivity index (χ0n) is 11.4. The Morgan fingerprint density at radius 3 is 2.89 bits per heavy atom. The lowest BCUT2D eigenvalue weighted by atomic mass is 9.88. The van der Waals surface area contributed by atoms with Crippen molar-refractivity contribution in [2.75, 3.05) is 7.05 Å². The molecule has 2 aromatic rings. The summed E-state index contributed by atoms with van der Waals surface area (Å²) in [5.41, 5.74) is 3.06. The van der Waals surface area contributed by atoms with Gasteiger partial charge in [-0.1, -0.05) is 30.3 Å². The van der Waals surface area contributed by atoms with Crippen LogP contribution in [0.1, 0.15) is 34.9 Å². The number of rotatable bonds is 3. The fraction of sp³-hybridized carbons (Fsp3) is 0.412. The topological polar surface area (TPSA) is 12.0 Å². The van der Waals surface area contributed by atoms with E-state index in [1.807, 2.05) is 11.3 Å². The summed E-state index contributed by atoms with van der Waals surface area (Å²) in [6.45, 7) is 0.